The molecule has 0 saturated heterocycles. The van der Waals surface area contributed by atoms with Gasteiger partial charge in [0, 0.05) is 24.4 Å². The van der Waals surface area contributed by atoms with Crippen LogP contribution in [0.1, 0.15) is 57.4 Å². The first-order chi connectivity index (χ1) is 13.0. The third kappa shape index (κ3) is 8.41. The average Bonchev–Trinajstić information content (AvgIpc) is 2.65. The minimum atomic E-state index is -4.13. The van der Waals surface area contributed by atoms with Gasteiger partial charge in [-0.05, 0) is 49.1 Å². The number of hydrogen-bond donors (Lipinski definition) is 0. The number of hydrogen-bond acceptors (Lipinski definition) is 3. The summed E-state index contributed by atoms with van der Waals surface area (Å²) < 4.78 is 41.6. The molecule has 0 amide bonds. The minimum Gasteiger partial charge on any atom is -0.494 e. The number of rotatable bonds is 11. The van der Waals surface area contributed by atoms with Gasteiger partial charge in [0.15, 0.2) is 5.82 Å². The summed E-state index contributed by atoms with van der Waals surface area (Å²) in [6.07, 6.45) is 5.92. The first-order valence-electron chi connectivity index (χ1n) is 9.59. The van der Waals surface area contributed by atoms with Crippen molar-refractivity contribution in [1.29, 1.82) is 0 Å². The standard InChI is InChI=1S/C21H27F3N2O/c1-2-3-4-5-6-8-17-15-25-20(26-16-17)18-9-11-19(12-10-18)27-14-7-13-21(22,23)24/h9-12,15-16H,2-8,13-14H2,1H3. The van der Waals surface area contributed by atoms with Gasteiger partial charge in [-0.1, -0.05) is 32.6 Å². The van der Waals surface area contributed by atoms with E-state index in [1.807, 2.05) is 24.5 Å². The molecule has 0 radical (unpaired) electrons. The molecule has 0 aliphatic heterocycles. The number of benzene rings is 1. The summed E-state index contributed by atoms with van der Waals surface area (Å²) in [6.45, 7) is 2.25. The van der Waals surface area contributed by atoms with Crippen LogP contribution in [0.2, 0.25) is 0 Å². The van der Waals surface area contributed by atoms with E-state index in [1.165, 1.54) is 25.7 Å². The lowest BCUT2D eigenvalue weighted by Crippen LogP contribution is -2.09. The maximum absolute atomic E-state index is 12.1. The molecule has 27 heavy (non-hydrogen) atoms. The molecule has 0 fully saturated rings. The Morgan fingerprint density at radius 2 is 1.56 bits per heavy atom. The van der Waals surface area contributed by atoms with Crippen LogP contribution in [-0.2, 0) is 6.42 Å². The fraction of sp³-hybridized carbons (Fsp3) is 0.524. The van der Waals surface area contributed by atoms with Crippen molar-refractivity contribution in [3.05, 3.63) is 42.2 Å². The van der Waals surface area contributed by atoms with Gasteiger partial charge in [-0.15, -0.1) is 0 Å². The van der Waals surface area contributed by atoms with Crippen molar-refractivity contribution in [2.45, 2.75) is 64.5 Å². The Balaban J connectivity index is 1.78. The Hall–Kier alpha value is -2.11. The van der Waals surface area contributed by atoms with Gasteiger partial charge in [0.25, 0.3) is 0 Å². The second-order valence-corrected chi connectivity index (χ2v) is 6.67. The molecule has 0 spiro atoms. The van der Waals surface area contributed by atoms with Crippen LogP contribution in [0.15, 0.2) is 36.7 Å². The molecule has 0 aliphatic rings. The molecule has 3 nitrogen and oxygen atoms in total. The van der Waals surface area contributed by atoms with Crippen LogP contribution in [0.5, 0.6) is 5.75 Å². The van der Waals surface area contributed by atoms with Crippen molar-refractivity contribution in [2.75, 3.05) is 6.61 Å². The van der Waals surface area contributed by atoms with Crippen LogP contribution in [0.3, 0.4) is 0 Å². The van der Waals surface area contributed by atoms with E-state index >= 15 is 0 Å². The van der Waals surface area contributed by atoms with E-state index < -0.39 is 12.6 Å². The predicted molar refractivity (Wildman–Crippen MR) is 101 cm³/mol. The third-order valence-corrected chi connectivity index (χ3v) is 4.26. The molecule has 1 aromatic heterocycles. The van der Waals surface area contributed by atoms with Gasteiger partial charge >= 0.3 is 6.18 Å². The van der Waals surface area contributed by atoms with Crippen LogP contribution >= 0.6 is 0 Å². The first kappa shape index (κ1) is 21.2. The molecule has 2 aromatic rings. The van der Waals surface area contributed by atoms with Crippen molar-refractivity contribution < 1.29 is 17.9 Å². The van der Waals surface area contributed by atoms with Crippen molar-refractivity contribution in [3.8, 4) is 17.1 Å². The lowest BCUT2D eigenvalue weighted by molar-refractivity contribution is -0.136. The molecule has 148 valence electrons. The van der Waals surface area contributed by atoms with E-state index in [9.17, 15) is 13.2 Å². The highest BCUT2D eigenvalue weighted by Crippen LogP contribution is 2.23. The molecule has 0 saturated carbocycles. The summed E-state index contributed by atoms with van der Waals surface area (Å²) in [5.74, 6) is 1.18. The highest BCUT2D eigenvalue weighted by atomic mass is 19.4. The maximum Gasteiger partial charge on any atom is 0.389 e. The lowest BCUT2D eigenvalue weighted by Gasteiger charge is -2.09. The first-order valence-corrected chi connectivity index (χ1v) is 9.59. The molecule has 0 aliphatic carbocycles. The number of halogens is 3. The highest BCUT2D eigenvalue weighted by Gasteiger charge is 2.26. The fourth-order valence-corrected chi connectivity index (χ4v) is 2.73. The van der Waals surface area contributed by atoms with Crippen molar-refractivity contribution >= 4 is 0 Å². The Bertz CT molecular complexity index is 655. The molecule has 1 heterocycles. The predicted octanol–water partition coefficient (Wildman–Crippen LogP) is 6.38. The molecule has 2 rings (SSSR count). The second kappa shape index (κ2) is 10.9. The van der Waals surface area contributed by atoms with Gasteiger partial charge in [-0.25, -0.2) is 9.97 Å². The van der Waals surface area contributed by atoms with Gasteiger partial charge in [0.05, 0.1) is 6.61 Å². The largest absolute Gasteiger partial charge is 0.494 e. The van der Waals surface area contributed by atoms with E-state index in [2.05, 4.69) is 16.9 Å². The molecular formula is C21H27F3N2O. The summed E-state index contributed by atoms with van der Waals surface area (Å²) in [4.78, 5) is 8.84. The van der Waals surface area contributed by atoms with Crippen LogP contribution in [-0.4, -0.2) is 22.8 Å². The number of alkyl halides is 3. The maximum atomic E-state index is 12.1. The number of ether oxygens (including phenoxy) is 1. The smallest absolute Gasteiger partial charge is 0.389 e. The van der Waals surface area contributed by atoms with E-state index in [-0.39, 0.29) is 13.0 Å². The molecule has 0 N–H and O–H groups in total. The zero-order valence-corrected chi connectivity index (χ0v) is 15.8. The molecule has 0 unspecified atom stereocenters. The molecule has 0 bridgehead atoms. The van der Waals surface area contributed by atoms with E-state index in [4.69, 9.17) is 4.74 Å². The Kier molecular flexibility index (Phi) is 8.55. The molecule has 0 atom stereocenters. The number of aromatic nitrogens is 2. The van der Waals surface area contributed by atoms with Gasteiger partial charge in [0.1, 0.15) is 5.75 Å². The fourth-order valence-electron chi connectivity index (χ4n) is 2.73. The number of unbranched alkanes of at least 4 members (excludes halogenated alkanes) is 4. The van der Waals surface area contributed by atoms with E-state index in [0.29, 0.717) is 11.6 Å². The molecule has 1 aromatic carbocycles. The van der Waals surface area contributed by atoms with Crippen LogP contribution in [0, 0.1) is 0 Å². The highest BCUT2D eigenvalue weighted by molar-refractivity contribution is 5.55. The quantitative estimate of drug-likeness (QED) is 0.424. The lowest BCUT2D eigenvalue weighted by atomic mass is 10.1. The second-order valence-electron chi connectivity index (χ2n) is 6.67. The van der Waals surface area contributed by atoms with Crippen molar-refractivity contribution in [1.82, 2.24) is 9.97 Å². The zero-order valence-electron chi connectivity index (χ0n) is 15.8. The minimum absolute atomic E-state index is 0.0440. The van der Waals surface area contributed by atoms with Gasteiger partial charge in [-0.3, -0.25) is 0 Å². The van der Waals surface area contributed by atoms with Crippen LogP contribution < -0.4 is 4.74 Å². The van der Waals surface area contributed by atoms with Crippen molar-refractivity contribution in [3.63, 3.8) is 0 Å². The average molecular weight is 380 g/mol. The Labute approximate surface area is 159 Å². The van der Waals surface area contributed by atoms with E-state index in [0.717, 1.165) is 24.0 Å². The monoisotopic (exact) mass is 380 g/mol. The molecular weight excluding hydrogens is 353 g/mol. The summed E-state index contributed by atoms with van der Waals surface area (Å²) in [5, 5.41) is 0. The van der Waals surface area contributed by atoms with Gasteiger partial charge in [0.2, 0.25) is 0 Å². The van der Waals surface area contributed by atoms with Crippen LogP contribution in [0.4, 0.5) is 13.2 Å². The van der Waals surface area contributed by atoms with E-state index in [1.54, 1.807) is 12.1 Å². The van der Waals surface area contributed by atoms with Crippen LogP contribution in [0.25, 0.3) is 11.4 Å². The topological polar surface area (TPSA) is 35.0 Å². The molecule has 6 heteroatoms. The number of nitrogens with zero attached hydrogens (tertiary/aromatic N) is 2. The van der Waals surface area contributed by atoms with Gasteiger partial charge < -0.3 is 4.74 Å². The summed E-state index contributed by atoms with van der Waals surface area (Å²) in [5.41, 5.74) is 1.99. The number of aryl methyl sites for hydroxylation is 1. The summed E-state index contributed by atoms with van der Waals surface area (Å²) in [7, 11) is 0. The summed E-state index contributed by atoms with van der Waals surface area (Å²) in [6, 6.07) is 7.10. The third-order valence-electron chi connectivity index (χ3n) is 4.26. The van der Waals surface area contributed by atoms with Gasteiger partial charge in [-0.2, -0.15) is 13.2 Å². The van der Waals surface area contributed by atoms with Crippen molar-refractivity contribution in [2.24, 2.45) is 0 Å². The Morgan fingerprint density at radius 3 is 2.19 bits per heavy atom. The SMILES string of the molecule is CCCCCCCc1cnc(-c2ccc(OCCCC(F)(F)F)cc2)nc1. The zero-order chi connectivity index (χ0) is 19.5. The normalized spacial score (nSPS) is 11.6. The summed E-state index contributed by atoms with van der Waals surface area (Å²) >= 11 is 0. The Morgan fingerprint density at radius 1 is 0.889 bits per heavy atom.